The SMILES string of the molecule is CC(C)N(CC(=O)O)C(=O)N(C)c1ccccc1. The first-order valence-electron chi connectivity index (χ1n) is 5.74. The number of anilines is 1. The van der Waals surface area contributed by atoms with Gasteiger partial charge in [0.15, 0.2) is 0 Å². The quantitative estimate of drug-likeness (QED) is 0.889. The minimum absolute atomic E-state index is 0.167. The molecule has 0 saturated carbocycles. The number of benzene rings is 1. The first-order valence-corrected chi connectivity index (χ1v) is 5.74. The number of carboxylic acids is 1. The molecule has 0 aromatic heterocycles. The second kappa shape index (κ2) is 6.05. The van der Waals surface area contributed by atoms with Crippen molar-refractivity contribution < 1.29 is 14.7 Å². The molecular weight excluding hydrogens is 232 g/mol. The molecule has 1 rings (SSSR count). The van der Waals surface area contributed by atoms with Crippen LogP contribution in [0.3, 0.4) is 0 Å². The average molecular weight is 250 g/mol. The molecule has 5 heteroatoms. The van der Waals surface area contributed by atoms with Gasteiger partial charge in [-0.2, -0.15) is 0 Å². The highest BCUT2D eigenvalue weighted by atomic mass is 16.4. The Kier molecular flexibility index (Phi) is 4.71. The number of amides is 2. The van der Waals surface area contributed by atoms with Gasteiger partial charge in [0.25, 0.3) is 0 Å². The van der Waals surface area contributed by atoms with E-state index in [4.69, 9.17) is 5.11 Å². The second-order valence-electron chi connectivity index (χ2n) is 4.29. The zero-order valence-corrected chi connectivity index (χ0v) is 10.8. The number of para-hydroxylation sites is 1. The van der Waals surface area contributed by atoms with Gasteiger partial charge in [-0.05, 0) is 26.0 Å². The summed E-state index contributed by atoms with van der Waals surface area (Å²) < 4.78 is 0. The summed E-state index contributed by atoms with van der Waals surface area (Å²) in [6, 6.07) is 8.64. The third-order valence-corrected chi connectivity index (χ3v) is 2.61. The van der Waals surface area contributed by atoms with E-state index in [1.165, 1.54) is 9.80 Å². The highest BCUT2D eigenvalue weighted by Crippen LogP contribution is 2.14. The van der Waals surface area contributed by atoms with E-state index < -0.39 is 5.97 Å². The maximum absolute atomic E-state index is 12.2. The zero-order chi connectivity index (χ0) is 13.7. The molecule has 98 valence electrons. The van der Waals surface area contributed by atoms with Crippen molar-refractivity contribution in [3.63, 3.8) is 0 Å². The van der Waals surface area contributed by atoms with Crippen LogP contribution in [0.25, 0.3) is 0 Å². The van der Waals surface area contributed by atoms with E-state index in [2.05, 4.69) is 0 Å². The van der Waals surface area contributed by atoms with Gasteiger partial charge in [0, 0.05) is 18.8 Å². The summed E-state index contributed by atoms with van der Waals surface area (Å²) in [6.45, 7) is 3.28. The first kappa shape index (κ1) is 14.0. The van der Waals surface area contributed by atoms with Crippen molar-refractivity contribution in [1.29, 1.82) is 0 Å². The number of hydrogen-bond donors (Lipinski definition) is 1. The van der Waals surface area contributed by atoms with E-state index >= 15 is 0 Å². The van der Waals surface area contributed by atoms with Gasteiger partial charge in [0.1, 0.15) is 6.54 Å². The average Bonchev–Trinajstić information content (AvgIpc) is 2.34. The van der Waals surface area contributed by atoms with Crippen molar-refractivity contribution in [2.45, 2.75) is 19.9 Å². The summed E-state index contributed by atoms with van der Waals surface area (Å²) in [5.41, 5.74) is 0.735. The number of hydrogen-bond acceptors (Lipinski definition) is 2. The molecule has 0 aliphatic rings. The van der Waals surface area contributed by atoms with Gasteiger partial charge in [0.05, 0.1) is 0 Å². The van der Waals surface area contributed by atoms with E-state index in [9.17, 15) is 9.59 Å². The Balaban J connectivity index is 2.86. The molecule has 1 N–H and O–H groups in total. The smallest absolute Gasteiger partial charge is 0.324 e. The summed E-state index contributed by atoms with van der Waals surface area (Å²) in [5, 5.41) is 8.82. The molecule has 0 saturated heterocycles. The molecule has 0 unspecified atom stereocenters. The molecular formula is C13H18N2O3. The third-order valence-electron chi connectivity index (χ3n) is 2.61. The molecule has 0 aliphatic carbocycles. The van der Waals surface area contributed by atoms with E-state index in [1.807, 2.05) is 18.2 Å². The van der Waals surface area contributed by atoms with E-state index in [0.717, 1.165) is 5.69 Å². The predicted molar refractivity (Wildman–Crippen MR) is 69.7 cm³/mol. The second-order valence-corrected chi connectivity index (χ2v) is 4.29. The molecule has 1 aromatic rings. The van der Waals surface area contributed by atoms with Gasteiger partial charge in [-0.3, -0.25) is 9.69 Å². The summed E-state index contributed by atoms with van der Waals surface area (Å²) in [5.74, 6) is -1.02. The highest BCUT2D eigenvalue weighted by Gasteiger charge is 2.23. The number of urea groups is 1. The number of carboxylic acid groups (broad SMARTS) is 1. The van der Waals surface area contributed by atoms with E-state index in [0.29, 0.717) is 0 Å². The van der Waals surface area contributed by atoms with Crippen molar-refractivity contribution in [3.05, 3.63) is 30.3 Å². The Bertz CT molecular complexity index is 418. The summed E-state index contributed by atoms with van der Waals surface area (Å²) >= 11 is 0. The number of aliphatic carboxylic acids is 1. The van der Waals surface area contributed by atoms with Crippen LogP contribution in [0.15, 0.2) is 30.3 Å². The molecule has 18 heavy (non-hydrogen) atoms. The summed E-state index contributed by atoms with van der Waals surface area (Å²) in [7, 11) is 1.63. The molecule has 2 amide bonds. The minimum atomic E-state index is -1.02. The molecule has 1 aromatic carbocycles. The lowest BCUT2D eigenvalue weighted by Gasteiger charge is -2.30. The normalized spacial score (nSPS) is 10.2. The molecule has 0 atom stereocenters. The van der Waals surface area contributed by atoms with Crippen LogP contribution in [0, 0.1) is 0 Å². The molecule has 0 bridgehead atoms. The summed E-state index contributed by atoms with van der Waals surface area (Å²) in [4.78, 5) is 25.7. The van der Waals surface area contributed by atoms with Crippen molar-refractivity contribution in [3.8, 4) is 0 Å². The van der Waals surface area contributed by atoms with Gasteiger partial charge >= 0.3 is 12.0 Å². The Labute approximate surface area is 107 Å². The van der Waals surface area contributed by atoms with Crippen LogP contribution in [-0.4, -0.2) is 41.6 Å². The maximum Gasteiger partial charge on any atom is 0.324 e. The van der Waals surface area contributed by atoms with Crippen molar-refractivity contribution in [2.75, 3.05) is 18.5 Å². The lowest BCUT2D eigenvalue weighted by molar-refractivity contribution is -0.137. The molecule has 0 radical (unpaired) electrons. The van der Waals surface area contributed by atoms with Gasteiger partial charge in [-0.25, -0.2) is 4.79 Å². The number of nitrogens with zero attached hydrogens (tertiary/aromatic N) is 2. The standard InChI is InChI=1S/C13H18N2O3/c1-10(2)15(9-12(16)17)13(18)14(3)11-7-5-4-6-8-11/h4-8,10H,9H2,1-3H3,(H,16,17). The van der Waals surface area contributed by atoms with Crippen LogP contribution >= 0.6 is 0 Å². The van der Waals surface area contributed by atoms with E-state index in [-0.39, 0.29) is 18.6 Å². The van der Waals surface area contributed by atoms with Crippen LogP contribution in [0.2, 0.25) is 0 Å². The monoisotopic (exact) mass is 250 g/mol. The van der Waals surface area contributed by atoms with Crippen LogP contribution in [-0.2, 0) is 4.79 Å². The van der Waals surface area contributed by atoms with Gasteiger partial charge in [0.2, 0.25) is 0 Å². The Hall–Kier alpha value is -2.04. The zero-order valence-electron chi connectivity index (χ0n) is 10.8. The highest BCUT2D eigenvalue weighted by molar-refractivity contribution is 5.93. The fraction of sp³-hybridized carbons (Fsp3) is 0.385. The molecule has 5 nitrogen and oxygen atoms in total. The van der Waals surface area contributed by atoms with E-state index in [1.54, 1.807) is 33.0 Å². The Morgan fingerprint density at radius 3 is 2.22 bits per heavy atom. The molecule has 0 aliphatic heterocycles. The largest absolute Gasteiger partial charge is 0.480 e. The molecule has 0 fully saturated rings. The van der Waals surface area contributed by atoms with Gasteiger partial charge < -0.3 is 10.0 Å². The topological polar surface area (TPSA) is 60.9 Å². The van der Waals surface area contributed by atoms with Crippen molar-refractivity contribution >= 4 is 17.7 Å². The van der Waals surface area contributed by atoms with Crippen molar-refractivity contribution in [2.24, 2.45) is 0 Å². The number of carbonyl (C=O) groups excluding carboxylic acids is 1. The van der Waals surface area contributed by atoms with Crippen LogP contribution in [0.1, 0.15) is 13.8 Å². The summed E-state index contributed by atoms with van der Waals surface area (Å²) in [6.07, 6.45) is 0. The Morgan fingerprint density at radius 2 is 1.78 bits per heavy atom. The minimum Gasteiger partial charge on any atom is -0.480 e. The lowest BCUT2D eigenvalue weighted by Crippen LogP contribution is -2.47. The van der Waals surface area contributed by atoms with Gasteiger partial charge in [-0.15, -0.1) is 0 Å². The third kappa shape index (κ3) is 3.48. The first-order chi connectivity index (χ1) is 8.43. The lowest BCUT2D eigenvalue weighted by atomic mass is 10.3. The molecule has 0 heterocycles. The fourth-order valence-corrected chi connectivity index (χ4v) is 1.57. The predicted octanol–water partition coefficient (Wildman–Crippen LogP) is 2.04. The molecule has 0 spiro atoms. The fourth-order valence-electron chi connectivity index (χ4n) is 1.57. The van der Waals surface area contributed by atoms with Crippen LogP contribution < -0.4 is 4.90 Å². The number of carbonyl (C=O) groups is 2. The Morgan fingerprint density at radius 1 is 1.22 bits per heavy atom. The van der Waals surface area contributed by atoms with Crippen molar-refractivity contribution in [1.82, 2.24) is 4.90 Å². The van der Waals surface area contributed by atoms with Crippen LogP contribution in [0.4, 0.5) is 10.5 Å². The number of rotatable bonds is 4. The maximum atomic E-state index is 12.2. The van der Waals surface area contributed by atoms with Crippen LogP contribution in [0.5, 0.6) is 0 Å². The van der Waals surface area contributed by atoms with Gasteiger partial charge in [-0.1, -0.05) is 18.2 Å².